The molecule has 7 nitrogen and oxygen atoms in total. The van der Waals surface area contributed by atoms with Crippen LogP contribution >= 0.6 is 0 Å². The second-order valence-corrected chi connectivity index (χ2v) is 8.33. The van der Waals surface area contributed by atoms with Crippen LogP contribution in [0.3, 0.4) is 0 Å². The molecular weight excluding hydrogens is 342 g/mol. The van der Waals surface area contributed by atoms with Crippen molar-refractivity contribution in [1.29, 1.82) is 0 Å². The summed E-state index contributed by atoms with van der Waals surface area (Å²) in [6.07, 6.45) is 6.02. The molecule has 0 bridgehead atoms. The molecule has 2 aliphatic heterocycles. The highest BCUT2D eigenvalue weighted by molar-refractivity contribution is 7.89. The van der Waals surface area contributed by atoms with Crippen LogP contribution in [0, 0.1) is 0 Å². The van der Waals surface area contributed by atoms with Crippen LogP contribution in [0.2, 0.25) is 0 Å². The molecule has 8 heteroatoms. The Hall–Kier alpha value is -2.03. The van der Waals surface area contributed by atoms with Gasteiger partial charge < -0.3 is 9.47 Å². The summed E-state index contributed by atoms with van der Waals surface area (Å²) < 4.78 is 38.5. The van der Waals surface area contributed by atoms with E-state index in [0.29, 0.717) is 32.0 Å². The molecule has 1 atom stereocenters. The summed E-state index contributed by atoms with van der Waals surface area (Å²) >= 11 is 0. The van der Waals surface area contributed by atoms with E-state index in [1.54, 1.807) is 24.5 Å². The van der Waals surface area contributed by atoms with E-state index in [4.69, 9.17) is 9.47 Å². The molecule has 2 saturated heterocycles. The molecule has 25 heavy (non-hydrogen) atoms. The van der Waals surface area contributed by atoms with Crippen molar-refractivity contribution >= 4 is 10.0 Å². The first kappa shape index (κ1) is 16.4. The summed E-state index contributed by atoms with van der Waals surface area (Å²) in [7, 11) is -3.52. The van der Waals surface area contributed by atoms with E-state index in [2.05, 4.69) is 9.97 Å². The standard InChI is InChI=1S/C17H19N3O4S/c21-25(22,15-4-3-7-18-11-15)20-12-17(13-20)10-14(6-9-23-17)24-16-5-1-2-8-19-16/h1-5,7-8,11,14H,6,9-10,12-13H2/t14-/m1/s1. The third kappa shape index (κ3) is 3.24. The maximum Gasteiger partial charge on any atom is 0.244 e. The predicted octanol–water partition coefficient (Wildman–Crippen LogP) is 1.48. The van der Waals surface area contributed by atoms with Crippen LogP contribution in [0.1, 0.15) is 12.8 Å². The number of pyridine rings is 2. The van der Waals surface area contributed by atoms with Gasteiger partial charge in [0.15, 0.2) is 0 Å². The Morgan fingerprint density at radius 1 is 1.20 bits per heavy atom. The van der Waals surface area contributed by atoms with Gasteiger partial charge in [0.05, 0.1) is 12.2 Å². The van der Waals surface area contributed by atoms with Crippen molar-refractivity contribution < 1.29 is 17.9 Å². The summed E-state index contributed by atoms with van der Waals surface area (Å²) in [6, 6.07) is 8.72. The Kier molecular flexibility index (Phi) is 4.18. The van der Waals surface area contributed by atoms with Crippen LogP contribution in [-0.2, 0) is 14.8 Å². The summed E-state index contributed by atoms with van der Waals surface area (Å²) in [5.41, 5.74) is -0.465. The first-order chi connectivity index (χ1) is 12.1. The number of nitrogens with zero attached hydrogens (tertiary/aromatic N) is 3. The molecule has 2 aromatic heterocycles. The molecule has 0 unspecified atom stereocenters. The van der Waals surface area contributed by atoms with Crippen LogP contribution in [0.5, 0.6) is 5.88 Å². The van der Waals surface area contributed by atoms with Crippen molar-refractivity contribution in [3.63, 3.8) is 0 Å². The SMILES string of the molecule is O=S(=O)(c1cccnc1)N1CC2(C[C@H](Oc3ccccn3)CCO2)C1. The topological polar surface area (TPSA) is 81.6 Å². The zero-order chi connectivity index (χ0) is 17.3. The molecule has 2 aromatic rings. The molecule has 0 aromatic carbocycles. The number of hydrogen-bond donors (Lipinski definition) is 0. The Morgan fingerprint density at radius 3 is 2.80 bits per heavy atom. The summed E-state index contributed by atoms with van der Waals surface area (Å²) in [5, 5.41) is 0. The van der Waals surface area contributed by atoms with Gasteiger partial charge in [0.25, 0.3) is 0 Å². The molecule has 0 radical (unpaired) electrons. The van der Waals surface area contributed by atoms with Crippen LogP contribution in [0.4, 0.5) is 0 Å². The van der Waals surface area contributed by atoms with E-state index in [1.165, 1.54) is 10.5 Å². The van der Waals surface area contributed by atoms with Gasteiger partial charge in [0.2, 0.25) is 15.9 Å². The minimum atomic E-state index is -3.52. The molecule has 2 fully saturated rings. The molecule has 1 spiro atoms. The normalized spacial score (nSPS) is 23.1. The molecule has 0 aliphatic carbocycles. The smallest absolute Gasteiger partial charge is 0.244 e. The van der Waals surface area contributed by atoms with Gasteiger partial charge in [-0.05, 0) is 18.2 Å². The molecule has 0 amide bonds. The second kappa shape index (κ2) is 6.36. The van der Waals surface area contributed by atoms with Gasteiger partial charge in [0.1, 0.15) is 11.0 Å². The van der Waals surface area contributed by atoms with Crippen molar-refractivity contribution in [1.82, 2.24) is 14.3 Å². The van der Waals surface area contributed by atoms with Crippen molar-refractivity contribution in [3.8, 4) is 5.88 Å². The van der Waals surface area contributed by atoms with Gasteiger partial charge in [-0.1, -0.05) is 6.07 Å². The summed E-state index contributed by atoms with van der Waals surface area (Å²) in [4.78, 5) is 8.28. The van der Waals surface area contributed by atoms with Crippen LogP contribution < -0.4 is 4.74 Å². The monoisotopic (exact) mass is 361 g/mol. The van der Waals surface area contributed by atoms with Gasteiger partial charge in [-0.2, -0.15) is 4.31 Å². The second-order valence-electron chi connectivity index (χ2n) is 6.39. The average Bonchev–Trinajstić information content (AvgIpc) is 2.61. The predicted molar refractivity (Wildman–Crippen MR) is 89.6 cm³/mol. The lowest BCUT2D eigenvalue weighted by atomic mass is 9.86. The molecule has 0 saturated carbocycles. The van der Waals surface area contributed by atoms with Crippen molar-refractivity contribution in [2.24, 2.45) is 0 Å². The molecule has 4 rings (SSSR count). The third-order valence-electron chi connectivity index (χ3n) is 4.57. The first-order valence-electron chi connectivity index (χ1n) is 8.19. The number of rotatable bonds is 4. The van der Waals surface area contributed by atoms with E-state index in [1.807, 2.05) is 18.2 Å². The number of sulfonamides is 1. The quantitative estimate of drug-likeness (QED) is 0.820. The minimum Gasteiger partial charge on any atom is -0.474 e. The van der Waals surface area contributed by atoms with Gasteiger partial charge in [-0.3, -0.25) is 4.98 Å². The third-order valence-corrected chi connectivity index (χ3v) is 6.35. The van der Waals surface area contributed by atoms with Crippen LogP contribution in [-0.4, -0.2) is 54.1 Å². The lowest BCUT2D eigenvalue weighted by Gasteiger charge is -2.51. The summed E-state index contributed by atoms with van der Waals surface area (Å²) in [5.74, 6) is 0.587. The zero-order valence-corrected chi connectivity index (χ0v) is 14.4. The molecule has 4 heterocycles. The Bertz CT molecular complexity index is 823. The maximum atomic E-state index is 12.6. The van der Waals surface area contributed by atoms with Gasteiger partial charge in [-0.25, -0.2) is 13.4 Å². The van der Waals surface area contributed by atoms with Crippen LogP contribution in [0.25, 0.3) is 0 Å². The molecular formula is C17H19N3O4S. The fourth-order valence-corrected chi connectivity index (χ4v) is 4.86. The Labute approximate surface area is 146 Å². The zero-order valence-electron chi connectivity index (χ0n) is 13.6. The van der Waals surface area contributed by atoms with E-state index in [0.717, 1.165) is 6.42 Å². The minimum absolute atomic E-state index is 0.0214. The van der Waals surface area contributed by atoms with Crippen LogP contribution in [0.15, 0.2) is 53.8 Å². The Balaban J connectivity index is 1.41. The van der Waals surface area contributed by atoms with Gasteiger partial charge in [0, 0.05) is 50.6 Å². The number of hydrogen-bond acceptors (Lipinski definition) is 6. The highest BCUT2D eigenvalue weighted by Gasteiger charge is 2.52. The lowest BCUT2D eigenvalue weighted by Crippen LogP contribution is -2.67. The molecule has 0 N–H and O–H groups in total. The van der Waals surface area contributed by atoms with Gasteiger partial charge >= 0.3 is 0 Å². The van der Waals surface area contributed by atoms with Gasteiger partial charge in [-0.15, -0.1) is 0 Å². The van der Waals surface area contributed by atoms with Crippen molar-refractivity contribution in [2.75, 3.05) is 19.7 Å². The van der Waals surface area contributed by atoms with E-state index in [-0.39, 0.29) is 11.0 Å². The Morgan fingerprint density at radius 2 is 2.08 bits per heavy atom. The highest BCUT2D eigenvalue weighted by atomic mass is 32.2. The molecule has 132 valence electrons. The summed E-state index contributed by atoms with van der Waals surface area (Å²) in [6.45, 7) is 1.23. The van der Waals surface area contributed by atoms with Crippen molar-refractivity contribution in [2.45, 2.75) is 29.4 Å². The average molecular weight is 361 g/mol. The largest absolute Gasteiger partial charge is 0.474 e. The fraction of sp³-hybridized carbons (Fsp3) is 0.412. The van der Waals surface area contributed by atoms with E-state index in [9.17, 15) is 8.42 Å². The molecule has 2 aliphatic rings. The first-order valence-corrected chi connectivity index (χ1v) is 9.63. The van der Waals surface area contributed by atoms with E-state index < -0.39 is 15.6 Å². The number of ether oxygens (including phenoxy) is 2. The van der Waals surface area contributed by atoms with Crippen molar-refractivity contribution in [3.05, 3.63) is 48.9 Å². The number of aromatic nitrogens is 2. The highest BCUT2D eigenvalue weighted by Crippen LogP contribution is 2.38. The van der Waals surface area contributed by atoms with E-state index >= 15 is 0 Å². The lowest BCUT2D eigenvalue weighted by molar-refractivity contribution is -0.165. The maximum absolute atomic E-state index is 12.6. The fourth-order valence-electron chi connectivity index (χ4n) is 3.31.